The molecule has 0 aromatic heterocycles. The summed E-state index contributed by atoms with van der Waals surface area (Å²) in [6, 6.07) is 2.41. The van der Waals surface area contributed by atoms with Crippen LogP contribution in [0.5, 0.6) is 0 Å². The third-order valence-corrected chi connectivity index (χ3v) is 3.70. The van der Waals surface area contributed by atoms with Gasteiger partial charge in [-0.2, -0.15) is 5.26 Å². The summed E-state index contributed by atoms with van der Waals surface area (Å²) >= 11 is 0. The molecule has 94 valence electrons. The van der Waals surface area contributed by atoms with Crippen LogP contribution in [-0.4, -0.2) is 47.9 Å². The molecule has 0 aromatic rings. The summed E-state index contributed by atoms with van der Waals surface area (Å²) in [5.41, 5.74) is 0. The molecule has 0 spiro atoms. The van der Waals surface area contributed by atoms with Gasteiger partial charge in [0.1, 0.15) is 0 Å². The summed E-state index contributed by atoms with van der Waals surface area (Å²) in [5, 5.41) is 9.11. The van der Waals surface area contributed by atoms with Crippen molar-refractivity contribution in [2.75, 3.05) is 26.2 Å². The largest absolute Gasteiger partial charge is 0.340 e. The molecule has 1 amide bonds. The number of piperazine rings is 1. The van der Waals surface area contributed by atoms with E-state index in [1.165, 1.54) is 0 Å². The quantitative estimate of drug-likeness (QED) is 0.736. The first kappa shape index (κ1) is 12.4. The van der Waals surface area contributed by atoms with Crippen LogP contribution in [0.2, 0.25) is 0 Å². The van der Waals surface area contributed by atoms with Gasteiger partial charge in [-0.1, -0.05) is 13.3 Å². The molecular weight excluding hydrogens is 214 g/mol. The Morgan fingerprint density at radius 3 is 2.47 bits per heavy atom. The monoisotopic (exact) mass is 235 g/mol. The maximum atomic E-state index is 11.9. The van der Waals surface area contributed by atoms with Crippen LogP contribution in [0, 0.1) is 17.2 Å². The number of nitriles is 1. The number of carbonyl (C=O) groups is 1. The van der Waals surface area contributed by atoms with Crippen molar-refractivity contribution in [1.82, 2.24) is 9.80 Å². The van der Waals surface area contributed by atoms with E-state index in [0.29, 0.717) is 11.8 Å². The minimum Gasteiger partial charge on any atom is -0.340 e. The van der Waals surface area contributed by atoms with Gasteiger partial charge in [0.15, 0.2) is 0 Å². The molecule has 1 aliphatic heterocycles. The summed E-state index contributed by atoms with van der Waals surface area (Å²) in [6.45, 7) is 5.43. The van der Waals surface area contributed by atoms with Crippen LogP contribution >= 0.6 is 0 Å². The molecule has 1 unspecified atom stereocenters. The number of amides is 1. The van der Waals surface area contributed by atoms with E-state index in [1.807, 2.05) is 4.90 Å². The zero-order valence-electron chi connectivity index (χ0n) is 10.6. The Balaban J connectivity index is 1.80. The lowest BCUT2D eigenvalue weighted by molar-refractivity contribution is -0.134. The fourth-order valence-electron chi connectivity index (χ4n) is 2.44. The first-order valence-corrected chi connectivity index (χ1v) is 6.68. The molecule has 1 heterocycles. The second kappa shape index (κ2) is 5.50. The maximum absolute atomic E-state index is 11.9. The molecule has 1 saturated heterocycles. The van der Waals surface area contributed by atoms with Crippen molar-refractivity contribution >= 4 is 5.91 Å². The molecule has 1 atom stereocenters. The van der Waals surface area contributed by atoms with Crippen LogP contribution in [0.1, 0.15) is 32.6 Å². The van der Waals surface area contributed by atoms with Crippen molar-refractivity contribution < 1.29 is 4.79 Å². The number of hydrogen-bond donors (Lipinski definition) is 0. The Kier molecular flexibility index (Phi) is 4.01. The highest BCUT2D eigenvalue weighted by Crippen LogP contribution is 2.31. The number of carbonyl (C=O) groups excluding carboxylic acids is 1. The third-order valence-electron chi connectivity index (χ3n) is 3.70. The van der Waals surface area contributed by atoms with Gasteiger partial charge < -0.3 is 4.90 Å². The zero-order valence-corrected chi connectivity index (χ0v) is 10.6. The highest BCUT2D eigenvalue weighted by molar-refractivity contribution is 5.81. The molecular formula is C13H21N3O. The molecule has 2 fully saturated rings. The molecule has 0 radical (unpaired) electrons. The maximum Gasteiger partial charge on any atom is 0.225 e. The normalized spacial score (nSPS) is 23.2. The van der Waals surface area contributed by atoms with Crippen LogP contribution in [0.4, 0.5) is 0 Å². The van der Waals surface area contributed by atoms with Gasteiger partial charge in [0.05, 0.1) is 12.1 Å². The van der Waals surface area contributed by atoms with Gasteiger partial charge in [-0.05, 0) is 19.3 Å². The van der Waals surface area contributed by atoms with E-state index in [0.717, 1.165) is 51.9 Å². The molecule has 4 nitrogen and oxygen atoms in total. The fraction of sp³-hybridized carbons (Fsp3) is 0.846. The van der Waals surface area contributed by atoms with Gasteiger partial charge >= 0.3 is 0 Å². The van der Waals surface area contributed by atoms with E-state index in [-0.39, 0.29) is 6.04 Å². The Hall–Kier alpha value is -1.08. The zero-order chi connectivity index (χ0) is 12.3. The predicted molar refractivity (Wildman–Crippen MR) is 65.2 cm³/mol. The highest BCUT2D eigenvalue weighted by atomic mass is 16.2. The molecule has 1 aliphatic carbocycles. The Labute approximate surface area is 103 Å². The van der Waals surface area contributed by atoms with E-state index in [4.69, 9.17) is 5.26 Å². The Bertz CT molecular complexity index is 311. The standard InChI is InChI=1S/C13H21N3O/c1-2-3-12(10-14)15-6-8-16(9-7-15)13(17)11-4-5-11/h11-12H,2-9H2,1H3. The molecule has 0 aromatic carbocycles. The lowest BCUT2D eigenvalue weighted by atomic mass is 10.1. The average molecular weight is 235 g/mol. The van der Waals surface area contributed by atoms with Crippen LogP contribution < -0.4 is 0 Å². The second-order valence-corrected chi connectivity index (χ2v) is 5.07. The van der Waals surface area contributed by atoms with Crippen molar-refractivity contribution in [3.63, 3.8) is 0 Å². The number of nitrogens with zero attached hydrogens (tertiary/aromatic N) is 3. The van der Waals surface area contributed by atoms with Crippen molar-refractivity contribution in [3.8, 4) is 6.07 Å². The van der Waals surface area contributed by atoms with Crippen LogP contribution in [0.15, 0.2) is 0 Å². The SMILES string of the molecule is CCCC(C#N)N1CCN(C(=O)C2CC2)CC1. The molecule has 1 saturated carbocycles. The first-order valence-electron chi connectivity index (χ1n) is 6.68. The highest BCUT2D eigenvalue weighted by Gasteiger charge is 2.35. The minimum absolute atomic E-state index is 0.0400. The molecule has 2 aliphatic rings. The van der Waals surface area contributed by atoms with Crippen LogP contribution in [0.3, 0.4) is 0 Å². The summed E-state index contributed by atoms with van der Waals surface area (Å²) < 4.78 is 0. The molecule has 2 rings (SSSR count). The molecule has 4 heteroatoms. The lowest BCUT2D eigenvalue weighted by Crippen LogP contribution is -2.52. The smallest absolute Gasteiger partial charge is 0.225 e. The van der Waals surface area contributed by atoms with E-state index < -0.39 is 0 Å². The number of rotatable bonds is 4. The van der Waals surface area contributed by atoms with Crippen molar-refractivity contribution in [1.29, 1.82) is 5.26 Å². The fourth-order valence-corrected chi connectivity index (χ4v) is 2.44. The van der Waals surface area contributed by atoms with Crippen molar-refractivity contribution in [2.24, 2.45) is 5.92 Å². The first-order chi connectivity index (χ1) is 8.26. The van der Waals surface area contributed by atoms with E-state index in [1.54, 1.807) is 0 Å². The second-order valence-electron chi connectivity index (χ2n) is 5.07. The lowest BCUT2D eigenvalue weighted by Gasteiger charge is -2.37. The van der Waals surface area contributed by atoms with E-state index in [2.05, 4.69) is 17.9 Å². The van der Waals surface area contributed by atoms with Crippen molar-refractivity contribution in [2.45, 2.75) is 38.6 Å². The molecule has 17 heavy (non-hydrogen) atoms. The number of hydrogen-bond acceptors (Lipinski definition) is 3. The predicted octanol–water partition coefficient (Wildman–Crippen LogP) is 1.23. The van der Waals surface area contributed by atoms with Gasteiger partial charge in [-0.25, -0.2) is 0 Å². The minimum atomic E-state index is 0.0400. The van der Waals surface area contributed by atoms with Gasteiger partial charge in [-0.15, -0.1) is 0 Å². The van der Waals surface area contributed by atoms with Gasteiger partial charge in [0.2, 0.25) is 5.91 Å². The Morgan fingerprint density at radius 1 is 1.35 bits per heavy atom. The summed E-state index contributed by atoms with van der Waals surface area (Å²) in [6.07, 6.45) is 4.14. The van der Waals surface area contributed by atoms with Gasteiger partial charge in [0.25, 0.3) is 0 Å². The van der Waals surface area contributed by atoms with Gasteiger partial charge in [0, 0.05) is 32.1 Å². The topological polar surface area (TPSA) is 47.3 Å². The molecule has 0 N–H and O–H groups in total. The third kappa shape index (κ3) is 2.98. The average Bonchev–Trinajstić information content (AvgIpc) is 3.19. The van der Waals surface area contributed by atoms with Crippen LogP contribution in [0.25, 0.3) is 0 Å². The van der Waals surface area contributed by atoms with E-state index in [9.17, 15) is 4.79 Å². The van der Waals surface area contributed by atoms with Crippen LogP contribution in [-0.2, 0) is 4.79 Å². The summed E-state index contributed by atoms with van der Waals surface area (Å²) in [4.78, 5) is 16.1. The molecule has 0 bridgehead atoms. The Morgan fingerprint density at radius 2 is 2.00 bits per heavy atom. The summed E-state index contributed by atoms with van der Waals surface area (Å²) in [7, 11) is 0. The van der Waals surface area contributed by atoms with Crippen molar-refractivity contribution in [3.05, 3.63) is 0 Å². The summed E-state index contributed by atoms with van der Waals surface area (Å²) in [5.74, 6) is 0.664. The van der Waals surface area contributed by atoms with E-state index >= 15 is 0 Å². The van der Waals surface area contributed by atoms with Gasteiger partial charge in [-0.3, -0.25) is 9.69 Å².